The molecule has 0 bridgehead atoms. The van der Waals surface area contributed by atoms with Gasteiger partial charge in [0.2, 0.25) is 0 Å². The van der Waals surface area contributed by atoms with Crippen molar-refractivity contribution in [2.24, 2.45) is 0 Å². The second-order valence-corrected chi connectivity index (χ2v) is 4.21. The number of hydrogen-bond acceptors (Lipinski definition) is 1. The molecule has 0 amide bonds. The first-order valence-corrected chi connectivity index (χ1v) is 5.60. The van der Waals surface area contributed by atoms with Gasteiger partial charge in [0, 0.05) is 16.1 Å². The minimum absolute atomic E-state index is 0.0970. The Bertz CT molecular complexity index is 632. The second kappa shape index (κ2) is 5.16. The lowest BCUT2D eigenvalue weighted by Crippen LogP contribution is -1.91. The van der Waals surface area contributed by atoms with E-state index in [0.29, 0.717) is 10.6 Å². The first-order valence-electron chi connectivity index (χ1n) is 5.22. The lowest BCUT2D eigenvalue weighted by molar-refractivity contribution is 0.616. The molecule has 0 N–H and O–H groups in total. The van der Waals surface area contributed by atoms with E-state index < -0.39 is 11.6 Å². The average Bonchev–Trinajstić information content (AvgIpc) is 2.35. The third kappa shape index (κ3) is 2.49. The molecular formula is C14H8ClF2N. The maximum absolute atomic E-state index is 13.7. The highest BCUT2D eigenvalue weighted by Crippen LogP contribution is 2.29. The molecule has 0 aliphatic heterocycles. The number of rotatable bonds is 2. The zero-order valence-electron chi connectivity index (χ0n) is 9.25. The second-order valence-electron chi connectivity index (χ2n) is 3.77. The Balaban J connectivity index is 2.59. The molecule has 0 heterocycles. The van der Waals surface area contributed by atoms with E-state index in [2.05, 4.69) is 0 Å². The van der Waals surface area contributed by atoms with Crippen LogP contribution < -0.4 is 0 Å². The van der Waals surface area contributed by atoms with Gasteiger partial charge in [-0.05, 0) is 35.9 Å². The van der Waals surface area contributed by atoms with E-state index in [9.17, 15) is 8.78 Å². The molecule has 0 atom stereocenters. The summed E-state index contributed by atoms with van der Waals surface area (Å²) in [7, 11) is 0. The first kappa shape index (κ1) is 12.5. The Kier molecular flexibility index (Phi) is 3.59. The SMILES string of the molecule is N#CCc1ccc(F)c(-c2cc(Cl)ccc2F)c1. The lowest BCUT2D eigenvalue weighted by Gasteiger charge is -2.07. The largest absolute Gasteiger partial charge is 0.206 e. The van der Waals surface area contributed by atoms with Crippen LogP contribution in [0.3, 0.4) is 0 Å². The maximum Gasteiger partial charge on any atom is 0.131 e. The van der Waals surface area contributed by atoms with Crippen LogP contribution in [0.2, 0.25) is 5.02 Å². The van der Waals surface area contributed by atoms with Crippen molar-refractivity contribution < 1.29 is 8.78 Å². The Morgan fingerprint density at radius 2 is 1.61 bits per heavy atom. The predicted octanol–water partition coefficient (Wildman–Crippen LogP) is 4.35. The third-order valence-electron chi connectivity index (χ3n) is 2.53. The molecule has 1 nitrogen and oxygen atoms in total. The van der Waals surface area contributed by atoms with Gasteiger partial charge >= 0.3 is 0 Å². The molecule has 0 aliphatic carbocycles. The highest BCUT2D eigenvalue weighted by atomic mass is 35.5. The van der Waals surface area contributed by atoms with Crippen molar-refractivity contribution in [2.45, 2.75) is 6.42 Å². The topological polar surface area (TPSA) is 23.8 Å². The smallest absolute Gasteiger partial charge is 0.131 e. The van der Waals surface area contributed by atoms with E-state index in [1.54, 1.807) is 0 Å². The summed E-state index contributed by atoms with van der Waals surface area (Å²) in [5, 5.41) is 8.94. The van der Waals surface area contributed by atoms with Gasteiger partial charge in [0.25, 0.3) is 0 Å². The zero-order valence-corrected chi connectivity index (χ0v) is 10.0. The minimum atomic E-state index is -0.549. The Morgan fingerprint density at radius 1 is 1.00 bits per heavy atom. The van der Waals surface area contributed by atoms with Gasteiger partial charge in [-0.15, -0.1) is 0 Å². The molecule has 18 heavy (non-hydrogen) atoms. The van der Waals surface area contributed by atoms with E-state index in [1.165, 1.54) is 36.4 Å². The highest BCUT2D eigenvalue weighted by molar-refractivity contribution is 6.30. The van der Waals surface area contributed by atoms with Gasteiger partial charge in [-0.1, -0.05) is 17.7 Å². The third-order valence-corrected chi connectivity index (χ3v) is 2.77. The van der Waals surface area contributed by atoms with Crippen LogP contribution in [-0.2, 0) is 6.42 Å². The summed E-state index contributed by atoms with van der Waals surface area (Å²) in [4.78, 5) is 0. The molecule has 0 unspecified atom stereocenters. The van der Waals surface area contributed by atoms with E-state index in [1.807, 2.05) is 6.07 Å². The van der Waals surface area contributed by atoms with Crippen LogP contribution in [0.15, 0.2) is 36.4 Å². The molecule has 4 heteroatoms. The molecule has 90 valence electrons. The van der Waals surface area contributed by atoms with Crippen molar-refractivity contribution in [1.82, 2.24) is 0 Å². The van der Waals surface area contributed by atoms with Gasteiger partial charge < -0.3 is 0 Å². The van der Waals surface area contributed by atoms with Gasteiger partial charge in [0.1, 0.15) is 11.6 Å². The van der Waals surface area contributed by atoms with Crippen molar-refractivity contribution in [3.63, 3.8) is 0 Å². The average molecular weight is 264 g/mol. The van der Waals surface area contributed by atoms with E-state index in [-0.39, 0.29) is 17.5 Å². The number of halogens is 3. The quantitative estimate of drug-likeness (QED) is 0.790. The molecule has 2 rings (SSSR count). The molecule has 0 aromatic heterocycles. The number of nitrogens with zero attached hydrogens (tertiary/aromatic N) is 1. The monoisotopic (exact) mass is 263 g/mol. The molecule has 2 aromatic carbocycles. The summed E-state index contributed by atoms with van der Waals surface area (Å²) >= 11 is 5.78. The lowest BCUT2D eigenvalue weighted by atomic mass is 10.0. The fourth-order valence-corrected chi connectivity index (χ4v) is 1.86. The zero-order chi connectivity index (χ0) is 13.1. The number of hydrogen-bond donors (Lipinski definition) is 0. The van der Waals surface area contributed by atoms with Crippen molar-refractivity contribution in [1.29, 1.82) is 5.26 Å². The molecule has 2 aromatic rings. The van der Waals surface area contributed by atoms with Crippen LogP contribution >= 0.6 is 11.6 Å². The summed E-state index contributed by atoms with van der Waals surface area (Å²) in [6.45, 7) is 0. The highest BCUT2D eigenvalue weighted by Gasteiger charge is 2.11. The Hall–Kier alpha value is -1.92. The van der Waals surface area contributed by atoms with Crippen LogP contribution in [0.1, 0.15) is 5.56 Å². The van der Waals surface area contributed by atoms with Gasteiger partial charge in [-0.25, -0.2) is 8.78 Å². The molecular weight excluding hydrogens is 256 g/mol. The normalized spacial score (nSPS) is 10.1. The molecule has 0 aliphatic rings. The van der Waals surface area contributed by atoms with Gasteiger partial charge in [-0.3, -0.25) is 0 Å². The fourth-order valence-electron chi connectivity index (χ4n) is 1.68. The molecule has 0 saturated carbocycles. The van der Waals surface area contributed by atoms with Crippen molar-refractivity contribution in [3.05, 3.63) is 58.6 Å². The maximum atomic E-state index is 13.7. The first-order chi connectivity index (χ1) is 8.61. The summed E-state index contributed by atoms with van der Waals surface area (Å²) in [6.07, 6.45) is 0.148. The van der Waals surface area contributed by atoms with Crippen LogP contribution in [-0.4, -0.2) is 0 Å². The summed E-state index contributed by atoms with van der Waals surface area (Å²) in [6, 6.07) is 10.1. The van der Waals surface area contributed by atoms with Crippen LogP contribution in [0.4, 0.5) is 8.78 Å². The van der Waals surface area contributed by atoms with Crippen molar-refractivity contribution in [3.8, 4) is 17.2 Å². The summed E-state index contributed by atoms with van der Waals surface area (Å²) < 4.78 is 27.4. The van der Waals surface area contributed by atoms with Crippen LogP contribution in [0, 0.1) is 23.0 Å². The number of benzene rings is 2. The standard InChI is InChI=1S/C14H8ClF2N/c15-10-2-4-14(17)12(8-10)11-7-9(5-6-18)1-3-13(11)16/h1-4,7-8H,5H2. The van der Waals surface area contributed by atoms with Crippen LogP contribution in [0.25, 0.3) is 11.1 Å². The fraction of sp³-hybridized carbons (Fsp3) is 0.0714. The molecule has 0 saturated heterocycles. The van der Waals surface area contributed by atoms with Gasteiger partial charge in [0.15, 0.2) is 0 Å². The minimum Gasteiger partial charge on any atom is -0.206 e. The van der Waals surface area contributed by atoms with E-state index in [0.717, 1.165) is 0 Å². The van der Waals surface area contributed by atoms with Crippen molar-refractivity contribution in [2.75, 3.05) is 0 Å². The van der Waals surface area contributed by atoms with Gasteiger partial charge in [-0.2, -0.15) is 5.26 Å². The van der Waals surface area contributed by atoms with E-state index in [4.69, 9.17) is 16.9 Å². The Morgan fingerprint density at radius 3 is 2.28 bits per heavy atom. The molecule has 0 radical (unpaired) electrons. The Labute approximate surface area is 108 Å². The van der Waals surface area contributed by atoms with Crippen molar-refractivity contribution >= 4 is 11.6 Å². The van der Waals surface area contributed by atoms with Gasteiger partial charge in [0.05, 0.1) is 12.5 Å². The molecule has 0 fully saturated rings. The van der Waals surface area contributed by atoms with Crippen LogP contribution in [0.5, 0.6) is 0 Å². The van der Waals surface area contributed by atoms with E-state index >= 15 is 0 Å². The predicted molar refractivity (Wildman–Crippen MR) is 66.1 cm³/mol. The number of nitriles is 1. The summed E-state index contributed by atoms with van der Waals surface area (Å²) in [5.74, 6) is -1.09. The molecule has 0 spiro atoms. The summed E-state index contributed by atoms with van der Waals surface area (Å²) in [5.41, 5.74) is 0.843.